The van der Waals surface area contributed by atoms with Crippen molar-refractivity contribution in [2.45, 2.75) is 19.7 Å². The predicted octanol–water partition coefficient (Wildman–Crippen LogP) is 3.74. The largest absolute Gasteiger partial charge is 0.573 e. The van der Waals surface area contributed by atoms with Gasteiger partial charge in [-0.3, -0.25) is 14.4 Å². The summed E-state index contributed by atoms with van der Waals surface area (Å²) in [4.78, 5) is 34.6. The van der Waals surface area contributed by atoms with Crippen LogP contribution in [0.5, 0.6) is 11.5 Å². The molecule has 0 saturated carbocycles. The van der Waals surface area contributed by atoms with Gasteiger partial charge in [-0.1, -0.05) is 0 Å². The average Bonchev–Trinajstić information content (AvgIpc) is 2.67. The van der Waals surface area contributed by atoms with Gasteiger partial charge < -0.3 is 19.5 Å². The van der Waals surface area contributed by atoms with Crippen molar-refractivity contribution in [2.24, 2.45) is 0 Å². The zero-order chi connectivity index (χ0) is 22.1. The van der Waals surface area contributed by atoms with E-state index in [1.165, 1.54) is 19.1 Å². The molecule has 2 rings (SSSR count). The average molecular weight is 425 g/mol. The van der Waals surface area contributed by atoms with Gasteiger partial charge in [0.25, 0.3) is 5.91 Å². The Hall–Kier alpha value is -3.56. The fourth-order valence-electron chi connectivity index (χ4n) is 2.19. The molecule has 0 aromatic heterocycles. The van der Waals surface area contributed by atoms with Crippen LogP contribution in [-0.4, -0.2) is 37.2 Å². The van der Waals surface area contributed by atoms with Crippen molar-refractivity contribution < 1.29 is 41.8 Å². The normalized spacial score (nSPS) is 10.8. The second-order valence-corrected chi connectivity index (χ2v) is 5.96. The minimum Gasteiger partial charge on any atom is -0.493 e. The lowest BCUT2D eigenvalue weighted by Gasteiger charge is -2.10. The number of amides is 1. The van der Waals surface area contributed by atoms with Gasteiger partial charge in [0.2, 0.25) is 0 Å². The van der Waals surface area contributed by atoms with Crippen LogP contribution in [0.4, 0.5) is 18.9 Å². The summed E-state index contributed by atoms with van der Waals surface area (Å²) in [5.41, 5.74) is 0.748. The van der Waals surface area contributed by atoms with Gasteiger partial charge in [-0.25, -0.2) is 0 Å². The van der Waals surface area contributed by atoms with Gasteiger partial charge in [-0.05, 0) is 55.5 Å². The summed E-state index contributed by atoms with van der Waals surface area (Å²) < 4.78 is 50.2. The van der Waals surface area contributed by atoms with Gasteiger partial charge in [-0.2, -0.15) is 0 Å². The summed E-state index contributed by atoms with van der Waals surface area (Å²) in [6, 6.07) is 10.9. The maximum atomic E-state index is 12.1. The summed E-state index contributed by atoms with van der Waals surface area (Å²) in [7, 11) is 0. The molecule has 0 saturated heterocycles. The monoisotopic (exact) mass is 425 g/mol. The predicted molar refractivity (Wildman–Crippen MR) is 99.3 cm³/mol. The van der Waals surface area contributed by atoms with Crippen molar-refractivity contribution in [3.63, 3.8) is 0 Å². The number of hydrogen-bond acceptors (Lipinski definition) is 6. The number of benzene rings is 2. The number of carbonyl (C=O) groups is 3. The van der Waals surface area contributed by atoms with Gasteiger partial charge >= 0.3 is 12.3 Å². The number of ether oxygens (including phenoxy) is 3. The quantitative estimate of drug-likeness (QED) is 0.486. The molecule has 0 spiro atoms. The van der Waals surface area contributed by atoms with E-state index in [0.29, 0.717) is 11.3 Å². The van der Waals surface area contributed by atoms with Gasteiger partial charge in [0.1, 0.15) is 11.5 Å². The number of Topliss-reactive ketones (excluding diaryl/α,β-unsaturated/α-hetero) is 1. The number of anilines is 1. The van der Waals surface area contributed by atoms with E-state index in [1.807, 2.05) is 0 Å². The maximum Gasteiger partial charge on any atom is 0.573 e. The first-order valence-corrected chi connectivity index (χ1v) is 8.67. The summed E-state index contributed by atoms with van der Waals surface area (Å²) in [5, 5.41) is 2.37. The number of rotatable bonds is 9. The molecule has 0 radical (unpaired) electrons. The highest BCUT2D eigenvalue weighted by Crippen LogP contribution is 2.23. The molecule has 1 N–H and O–H groups in total. The first-order valence-electron chi connectivity index (χ1n) is 8.67. The van der Waals surface area contributed by atoms with E-state index in [0.717, 1.165) is 12.1 Å². The molecule has 7 nitrogen and oxygen atoms in total. The number of halogens is 3. The molecule has 0 aliphatic rings. The van der Waals surface area contributed by atoms with Crippen LogP contribution in [0.3, 0.4) is 0 Å². The number of esters is 1. The minimum atomic E-state index is -4.80. The summed E-state index contributed by atoms with van der Waals surface area (Å²) >= 11 is 0. The van der Waals surface area contributed by atoms with Crippen molar-refractivity contribution in [1.29, 1.82) is 0 Å². The van der Waals surface area contributed by atoms with Crippen LogP contribution in [0.2, 0.25) is 0 Å². The molecule has 1 amide bonds. The number of carbonyl (C=O) groups excluding carboxylic acids is 3. The molecule has 0 aliphatic heterocycles. The van der Waals surface area contributed by atoms with Crippen molar-refractivity contribution in [2.75, 3.05) is 18.5 Å². The molecule has 30 heavy (non-hydrogen) atoms. The lowest BCUT2D eigenvalue weighted by Crippen LogP contribution is -2.21. The fourth-order valence-corrected chi connectivity index (χ4v) is 2.19. The van der Waals surface area contributed by atoms with E-state index in [4.69, 9.17) is 9.47 Å². The zero-order valence-corrected chi connectivity index (χ0v) is 15.8. The molecule has 0 atom stereocenters. The van der Waals surface area contributed by atoms with E-state index in [-0.39, 0.29) is 24.5 Å². The lowest BCUT2D eigenvalue weighted by molar-refractivity contribution is -0.274. The second kappa shape index (κ2) is 10.3. The summed E-state index contributed by atoms with van der Waals surface area (Å²) in [6.07, 6.45) is -4.91. The van der Waals surface area contributed by atoms with Crippen LogP contribution in [0, 0.1) is 0 Å². The Labute approximate surface area is 169 Å². The molecular formula is C20H18F3NO6. The molecular weight excluding hydrogens is 407 g/mol. The number of hydrogen-bond donors (Lipinski definition) is 1. The number of alkyl halides is 3. The Balaban J connectivity index is 1.67. The molecule has 0 bridgehead atoms. The Kier molecular flexibility index (Phi) is 7.79. The van der Waals surface area contributed by atoms with E-state index in [9.17, 15) is 27.6 Å². The van der Waals surface area contributed by atoms with E-state index < -0.39 is 30.6 Å². The molecule has 2 aromatic rings. The van der Waals surface area contributed by atoms with Gasteiger partial charge in [-0.15, -0.1) is 13.2 Å². The minimum absolute atomic E-state index is 0.0144. The molecule has 2 aromatic carbocycles. The standard InChI is InChI=1S/C20H18F3NO6/c1-13(25)14-2-6-16(7-3-14)28-11-10-19(27)29-12-18(26)24-15-4-8-17(9-5-15)30-20(21,22)23/h2-9H,10-12H2,1H3,(H,24,26). The van der Waals surface area contributed by atoms with Crippen LogP contribution >= 0.6 is 0 Å². The highest BCUT2D eigenvalue weighted by Gasteiger charge is 2.30. The van der Waals surface area contributed by atoms with E-state index in [2.05, 4.69) is 10.1 Å². The van der Waals surface area contributed by atoms with E-state index in [1.54, 1.807) is 24.3 Å². The van der Waals surface area contributed by atoms with Crippen LogP contribution in [-0.2, 0) is 14.3 Å². The third-order valence-corrected chi connectivity index (χ3v) is 3.57. The highest BCUT2D eigenvalue weighted by atomic mass is 19.4. The number of ketones is 1. The lowest BCUT2D eigenvalue weighted by atomic mass is 10.1. The first kappa shape index (κ1) is 22.7. The van der Waals surface area contributed by atoms with Crippen LogP contribution in [0.15, 0.2) is 48.5 Å². The number of nitrogens with one attached hydrogen (secondary N) is 1. The Morgan fingerprint density at radius 2 is 1.53 bits per heavy atom. The first-order chi connectivity index (χ1) is 14.1. The van der Waals surface area contributed by atoms with Crippen LogP contribution in [0.1, 0.15) is 23.7 Å². The smallest absolute Gasteiger partial charge is 0.493 e. The van der Waals surface area contributed by atoms with Gasteiger partial charge in [0.05, 0.1) is 13.0 Å². The van der Waals surface area contributed by atoms with Crippen molar-refractivity contribution in [3.05, 3.63) is 54.1 Å². The van der Waals surface area contributed by atoms with E-state index >= 15 is 0 Å². The van der Waals surface area contributed by atoms with Crippen molar-refractivity contribution in [1.82, 2.24) is 0 Å². The molecule has 0 aliphatic carbocycles. The maximum absolute atomic E-state index is 12.1. The third kappa shape index (κ3) is 8.21. The molecule has 160 valence electrons. The Bertz CT molecular complexity index is 879. The molecule has 0 fully saturated rings. The van der Waals surface area contributed by atoms with Crippen molar-refractivity contribution in [3.8, 4) is 11.5 Å². The Morgan fingerprint density at radius 1 is 0.933 bits per heavy atom. The highest BCUT2D eigenvalue weighted by molar-refractivity contribution is 5.94. The van der Waals surface area contributed by atoms with Gasteiger partial charge in [0, 0.05) is 11.3 Å². The zero-order valence-electron chi connectivity index (χ0n) is 15.8. The SMILES string of the molecule is CC(=O)c1ccc(OCCC(=O)OCC(=O)Nc2ccc(OC(F)(F)F)cc2)cc1. The fraction of sp³-hybridized carbons (Fsp3) is 0.250. The summed E-state index contributed by atoms with van der Waals surface area (Å²) in [6.45, 7) is 0.896. The van der Waals surface area contributed by atoms with Crippen molar-refractivity contribution >= 4 is 23.3 Å². The van der Waals surface area contributed by atoms with Crippen LogP contribution in [0.25, 0.3) is 0 Å². The third-order valence-electron chi connectivity index (χ3n) is 3.57. The molecule has 0 heterocycles. The Morgan fingerprint density at radius 3 is 2.10 bits per heavy atom. The summed E-state index contributed by atoms with van der Waals surface area (Å²) in [5.74, 6) is -1.35. The van der Waals surface area contributed by atoms with Crippen LogP contribution < -0.4 is 14.8 Å². The van der Waals surface area contributed by atoms with Gasteiger partial charge in [0.15, 0.2) is 12.4 Å². The second-order valence-electron chi connectivity index (χ2n) is 5.96. The molecule has 0 unspecified atom stereocenters. The molecule has 10 heteroatoms. The topological polar surface area (TPSA) is 90.9 Å².